The van der Waals surface area contributed by atoms with E-state index in [4.69, 9.17) is 11.3 Å². The van der Waals surface area contributed by atoms with Crippen LogP contribution in [-0.4, -0.2) is 12.6 Å². The third kappa shape index (κ3) is 2.35. The monoisotopic (exact) mass is 193 g/mol. The fourth-order valence-corrected chi connectivity index (χ4v) is 1.73. The molecule has 0 aliphatic heterocycles. The Morgan fingerprint density at radius 3 is 2.86 bits per heavy atom. The van der Waals surface area contributed by atoms with Crippen LogP contribution >= 0.6 is 0 Å². The van der Waals surface area contributed by atoms with E-state index >= 15 is 0 Å². The Kier molecular flexibility index (Phi) is 3.70. The Hall–Kier alpha value is -1.30. The van der Waals surface area contributed by atoms with Crippen LogP contribution in [0.1, 0.15) is 33.1 Å². The number of ether oxygens (including phenoxy) is 1. The van der Waals surface area contributed by atoms with Crippen molar-refractivity contribution in [3.05, 3.63) is 22.7 Å². The van der Waals surface area contributed by atoms with Gasteiger partial charge < -0.3 is 4.74 Å². The molecule has 1 rings (SSSR count). The van der Waals surface area contributed by atoms with Gasteiger partial charge in [-0.05, 0) is 32.1 Å². The van der Waals surface area contributed by atoms with E-state index in [1.807, 2.05) is 0 Å². The smallest absolute Gasteiger partial charge is 0.336 e. The van der Waals surface area contributed by atoms with Gasteiger partial charge in [0.25, 0.3) is 5.70 Å². The maximum atomic E-state index is 11.4. The molecule has 0 heterocycles. The van der Waals surface area contributed by atoms with E-state index in [1.165, 1.54) is 0 Å². The van der Waals surface area contributed by atoms with Gasteiger partial charge in [-0.1, -0.05) is 12.5 Å². The van der Waals surface area contributed by atoms with Crippen molar-refractivity contribution in [1.82, 2.24) is 0 Å². The van der Waals surface area contributed by atoms with Gasteiger partial charge in [-0.15, -0.1) is 0 Å². The number of carbonyl (C=O) groups is 1. The number of hydrogen-bond acceptors (Lipinski definition) is 2. The first-order chi connectivity index (χ1) is 6.69. The summed E-state index contributed by atoms with van der Waals surface area (Å²) in [6.07, 6.45) is 2.82. The first-order valence-corrected chi connectivity index (χ1v) is 4.95. The van der Waals surface area contributed by atoms with Gasteiger partial charge in [0.05, 0.1) is 13.2 Å². The van der Waals surface area contributed by atoms with Crippen molar-refractivity contribution in [1.29, 1.82) is 0 Å². The highest BCUT2D eigenvalue weighted by Crippen LogP contribution is 2.32. The normalized spacial score (nSPS) is 24.2. The largest absolute Gasteiger partial charge is 0.471 e. The van der Waals surface area contributed by atoms with E-state index in [-0.39, 0.29) is 5.70 Å². The lowest BCUT2D eigenvalue weighted by Crippen LogP contribution is -2.07. The minimum atomic E-state index is -0.452. The standard InChI is InChI=1S/C11H15NO2/c1-4-14-11(13)10(12-3)9-6-5-8(2)7-9/h8H,4-7H2,1-2H3/t8-/m1/s1. The van der Waals surface area contributed by atoms with Crippen LogP contribution in [0.2, 0.25) is 0 Å². The number of rotatable bonds is 2. The van der Waals surface area contributed by atoms with Crippen LogP contribution in [0.3, 0.4) is 0 Å². The van der Waals surface area contributed by atoms with E-state index in [0.717, 1.165) is 24.8 Å². The zero-order chi connectivity index (χ0) is 10.6. The fourth-order valence-electron chi connectivity index (χ4n) is 1.73. The molecule has 1 saturated carbocycles. The lowest BCUT2D eigenvalue weighted by molar-refractivity contribution is -0.138. The van der Waals surface area contributed by atoms with Gasteiger partial charge in [-0.3, -0.25) is 4.79 Å². The number of hydrogen-bond donors (Lipinski definition) is 0. The van der Waals surface area contributed by atoms with Crippen LogP contribution in [-0.2, 0) is 9.53 Å². The van der Waals surface area contributed by atoms with Crippen molar-refractivity contribution in [3.63, 3.8) is 0 Å². The zero-order valence-electron chi connectivity index (χ0n) is 8.67. The van der Waals surface area contributed by atoms with Crippen molar-refractivity contribution in [2.24, 2.45) is 5.92 Å². The summed E-state index contributed by atoms with van der Waals surface area (Å²) < 4.78 is 4.83. The molecule has 0 amide bonds. The van der Waals surface area contributed by atoms with E-state index in [2.05, 4.69) is 11.8 Å². The van der Waals surface area contributed by atoms with Gasteiger partial charge in [0.15, 0.2) is 0 Å². The van der Waals surface area contributed by atoms with E-state index in [0.29, 0.717) is 12.5 Å². The molecule has 0 spiro atoms. The maximum absolute atomic E-state index is 11.4. The predicted molar refractivity (Wildman–Crippen MR) is 53.3 cm³/mol. The molecule has 0 radical (unpaired) electrons. The Balaban J connectivity index is 2.80. The van der Waals surface area contributed by atoms with Crippen LogP contribution in [0.4, 0.5) is 0 Å². The summed E-state index contributed by atoms with van der Waals surface area (Å²) in [6.45, 7) is 11.2. The minimum Gasteiger partial charge on any atom is -0.471 e. The Morgan fingerprint density at radius 1 is 1.71 bits per heavy atom. The molecule has 1 aliphatic carbocycles. The van der Waals surface area contributed by atoms with Crippen molar-refractivity contribution in [2.45, 2.75) is 33.1 Å². The summed E-state index contributed by atoms with van der Waals surface area (Å²) in [4.78, 5) is 14.7. The van der Waals surface area contributed by atoms with Crippen molar-refractivity contribution < 1.29 is 9.53 Å². The van der Waals surface area contributed by atoms with Crippen molar-refractivity contribution in [3.8, 4) is 0 Å². The molecule has 76 valence electrons. The molecule has 1 fully saturated rings. The van der Waals surface area contributed by atoms with Crippen LogP contribution in [0, 0.1) is 12.5 Å². The molecule has 14 heavy (non-hydrogen) atoms. The molecule has 1 atom stereocenters. The summed E-state index contributed by atoms with van der Waals surface area (Å²) in [5, 5.41) is 0. The average molecular weight is 193 g/mol. The topological polar surface area (TPSA) is 30.7 Å². The Morgan fingerprint density at radius 2 is 2.43 bits per heavy atom. The third-order valence-corrected chi connectivity index (χ3v) is 2.45. The molecule has 1 aliphatic rings. The molecule has 3 nitrogen and oxygen atoms in total. The summed E-state index contributed by atoms with van der Waals surface area (Å²) in [7, 11) is 0. The van der Waals surface area contributed by atoms with Crippen LogP contribution < -0.4 is 0 Å². The second-order valence-electron chi connectivity index (χ2n) is 3.63. The number of carbonyl (C=O) groups excluding carboxylic acids is 1. The van der Waals surface area contributed by atoms with Gasteiger partial charge in [0.2, 0.25) is 0 Å². The second kappa shape index (κ2) is 4.80. The average Bonchev–Trinajstić information content (AvgIpc) is 2.54. The third-order valence-electron chi connectivity index (χ3n) is 2.45. The molecule has 3 heteroatoms. The summed E-state index contributed by atoms with van der Waals surface area (Å²) >= 11 is 0. The van der Waals surface area contributed by atoms with Crippen LogP contribution in [0.15, 0.2) is 11.3 Å². The van der Waals surface area contributed by atoms with Crippen LogP contribution in [0.5, 0.6) is 0 Å². The van der Waals surface area contributed by atoms with Gasteiger partial charge >= 0.3 is 5.97 Å². The van der Waals surface area contributed by atoms with Gasteiger partial charge in [0.1, 0.15) is 0 Å². The molecule has 0 aromatic carbocycles. The number of allylic oxidation sites excluding steroid dienone is 1. The SMILES string of the molecule is [C-]#[N+]C(C(=O)OCC)=C1CC[C@@H](C)C1. The molecule has 0 N–H and O–H groups in total. The van der Waals surface area contributed by atoms with Crippen LogP contribution in [0.25, 0.3) is 4.85 Å². The second-order valence-corrected chi connectivity index (χ2v) is 3.63. The molecule has 0 aromatic rings. The van der Waals surface area contributed by atoms with E-state index < -0.39 is 5.97 Å². The Labute approximate surface area is 84.6 Å². The molecule has 0 unspecified atom stereocenters. The van der Waals surface area contributed by atoms with Gasteiger partial charge in [-0.2, -0.15) is 0 Å². The first-order valence-electron chi connectivity index (χ1n) is 4.95. The molecular formula is C11H15NO2. The first kappa shape index (κ1) is 10.8. The molecular weight excluding hydrogens is 178 g/mol. The Bertz CT molecular complexity index is 299. The molecule has 0 bridgehead atoms. The highest BCUT2D eigenvalue weighted by atomic mass is 16.5. The van der Waals surface area contributed by atoms with Gasteiger partial charge in [-0.25, -0.2) is 4.85 Å². The predicted octanol–water partition coefficient (Wildman–Crippen LogP) is 2.54. The van der Waals surface area contributed by atoms with Gasteiger partial charge in [0, 0.05) is 0 Å². The summed E-state index contributed by atoms with van der Waals surface area (Å²) in [5.74, 6) is 0.141. The van der Waals surface area contributed by atoms with Crippen molar-refractivity contribution >= 4 is 5.97 Å². The zero-order valence-corrected chi connectivity index (χ0v) is 8.67. The lowest BCUT2D eigenvalue weighted by Gasteiger charge is -2.03. The van der Waals surface area contributed by atoms with Crippen molar-refractivity contribution in [2.75, 3.05) is 6.61 Å². The maximum Gasteiger partial charge on any atom is 0.336 e. The quantitative estimate of drug-likeness (QED) is 0.383. The molecule has 0 aromatic heterocycles. The summed E-state index contributed by atoms with van der Waals surface area (Å²) in [5.41, 5.74) is 1.20. The highest BCUT2D eigenvalue weighted by molar-refractivity contribution is 5.91. The number of nitrogens with zero attached hydrogens (tertiary/aromatic N) is 1. The summed E-state index contributed by atoms with van der Waals surface area (Å²) in [6, 6.07) is 0. The van der Waals surface area contributed by atoms with E-state index in [1.54, 1.807) is 6.92 Å². The highest BCUT2D eigenvalue weighted by Gasteiger charge is 2.23. The fraction of sp³-hybridized carbons (Fsp3) is 0.636. The lowest BCUT2D eigenvalue weighted by atomic mass is 10.1. The minimum absolute atomic E-state index is 0.219. The van der Waals surface area contributed by atoms with E-state index in [9.17, 15) is 4.79 Å². The molecule has 0 saturated heterocycles. The number of esters is 1.